The molecule has 4 aromatic rings. The van der Waals surface area contributed by atoms with Gasteiger partial charge < -0.3 is 15.4 Å². The highest BCUT2D eigenvalue weighted by atomic mass is 16.5. The Morgan fingerprint density at radius 3 is 2.44 bits per heavy atom. The van der Waals surface area contributed by atoms with Gasteiger partial charge in [-0.05, 0) is 24.6 Å². The highest BCUT2D eigenvalue weighted by Gasteiger charge is 2.09. The first kappa shape index (κ1) is 21.5. The van der Waals surface area contributed by atoms with Crippen LogP contribution in [0, 0.1) is 6.92 Å². The van der Waals surface area contributed by atoms with Crippen LogP contribution < -0.4 is 10.6 Å². The van der Waals surface area contributed by atoms with Crippen molar-refractivity contribution in [3.8, 4) is 11.4 Å². The summed E-state index contributed by atoms with van der Waals surface area (Å²) >= 11 is 0. The Kier molecular flexibility index (Phi) is 7.05. The first-order valence-corrected chi connectivity index (χ1v) is 10.6. The van der Waals surface area contributed by atoms with E-state index in [-0.39, 0.29) is 12.5 Å². The average Bonchev–Trinajstić information content (AvgIpc) is 2.83. The van der Waals surface area contributed by atoms with E-state index < -0.39 is 0 Å². The van der Waals surface area contributed by atoms with Gasteiger partial charge >= 0.3 is 0 Å². The molecule has 1 heterocycles. The van der Waals surface area contributed by atoms with Gasteiger partial charge in [0.2, 0.25) is 5.91 Å². The molecule has 0 spiro atoms. The third-order valence-electron chi connectivity index (χ3n) is 5.00. The Labute approximate surface area is 187 Å². The second-order valence-corrected chi connectivity index (χ2v) is 7.53. The lowest BCUT2D eigenvalue weighted by Crippen LogP contribution is -2.31. The zero-order valence-electron chi connectivity index (χ0n) is 18.0. The normalized spacial score (nSPS) is 10.8. The van der Waals surface area contributed by atoms with Crippen molar-refractivity contribution in [2.75, 3.05) is 25.0 Å². The van der Waals surface area contributed by atoms with E-state index in [2.05, 4.69) is 29.7 Å². The number of aromatic nitrogens is 2. The maximum absolute atomic E-state index is 12.0. The van der Waals surface area contributed by atoms with Crippen LogP contribution in [0.15, 0.2) is 78.9 Å². The van der Waals surface area contributed by atoms with Crippen molar-refractivity contribution in [3.63, 3.8) is 0 Å². The molecule has 0 radical (unpaired) electrons. The van der Waals surface area contributed by atoms with Crippen molar-refractivity contribution in [3.05, 3.63) is 90.0 Å². The van der Waals surface area contributed by atoms with Crippen LogP contribution in [0.3, 0.4) is 0 Å². The Balaban J connectivity index is 1.33. The van der Waals surface area contributed by atoms with Gasteiger partial charge in [-0.15, -0.1) is 0 Å². The minimum Gasteiger partial charge on any atom is -0.368 e. The third kappa shape index (κ3) is 5.68. The fraction of sp³-hybridized carbons (Fsp3) is 0.192. The molecule has 2 N–H and O–H groups in total. The van der Waals surface area contributed by atoms with Crippen molar-refractivity contribution in [2.45, 2.75) is 13.5 Å². The second kappa shape index (κ2) is 10.5. The monoisotopic (exact) mass is 426 g/mol. The van der Waals surface area contributed by atoms with Gasteiger partial charge in [0, 0.05) is 24.0 Å². The first-order valence-electron chi connectivity index (χ1n) is 10.6. The average molecular weight is 427 g/mol. The minimum absolute atomic E-state index is 0.0307. The van der Waals surface area contributed by atoms with E-state index in [1.165, 1.54) is 5.56 Å². The predicted octanol–water partition coefficient (Wildman–Crippen LogP) is 4.35. The molecule has 32 heavy (non-hydrogen) atoms. The SMILES string of the molecule is Cc1ccc(-c2nc(NCCNC(=O)COCc3ccccc3)c3ccccc3n2)cc1. The van der Waals surface area contributed by atoms with Gasteiger partial charge in [-0.3, -0.25) is 4.79 Å². The van der Waals surface area contributed by atoms with E-state index in [1.54, 1.807) is 0 Å². The van der Waals surface area contributed by atoms with Gasteiger partial charge in [-0.2, -0.15) is 0 Å². The molecule has 0 saturated heterocycles. The zero-order valence-corrected chi connectivity index (χ0v) is 18.0. The number of nitrogens with zero attached hydrogens (tertiary/aromatic N) is 2. The standard InChI is InChI=1S/C26H26N4O2/c1-19-11-13-21(14-12-19)25-29-23-10-6-5-9-22(23)26(30-25)28-16-15-27-24(31)18-32-17-20-7-3-2-4-8-20/h2-14H,15-18H2,1H3,(H,27,31)(H,28,29,30). The van der Waals surface area contributed by atoms with E-state index in [1.807, 2.05) is 66.7 Å². The van der Waals surface area contributed by atoms with Gasteiger partial charge in [0.1, 0.15) is 12.4 Å². The van der Waals surface area contributed by atoms with Crippen molar-refractivity contribution in [1.82, 2.24) is 15.3 Å². The smallest absolute Gasteiger partial charge is 0.246 e. The molecule has 0 fully saturated rings. The second-order valence-electron chi connectivity index (χ2n) is 7.53. The Morgan fingerprint density at radius 1 is 0.875 bits per heavy atom. The number of carbonyl (C=O) groups is 1. The van der Waals surface area contributed by atoms with Crippen molar-refractivity contribution in [1.29, 1.82) is 0 Å². The lowest BCUT2D eigenvalue weighted by atomic mass is 10.1. The fourth-order valence-corrected chi connectivity index (χ4v) is 3.31. The number of anilines is 1. The fourth-order valence-electron chi connectivity index (χ4n) is 3.31. The van der Waals surface area contributed by atoms with E-state index in [0.29, 0.717) is 25.5 Å². The van der Waals surface area contributed by atoms with Gasteiger partial charge in [-0.25, -0.2) is 9.97 Å². The summed E-state index contributed by atoms with van der Waals surface area (Å²) in [6, 6.07) is 25.9. The molecular formula is C26H26N4O2. The molecule has 3 aromatic carbocycles. The van der Waals surface area contributed by atoms with E-state index in [0.717, 1.165) is 27.8 Å². The molecule has 6 heteroatoms. The predicted molar refractivity (Wildman–Crippen MR) is 127 cm³/mol. The highest BCUT2D eigenvalue weighted by Crippen LogP contribution is 2.24. The maximum atomic E-state index is 12.0. The Bertz CT molecular complexity index is 1180. The van der Waals surface area contributed by atoms with Crippen LogP contribution in [-0.4, -0.2) is 35.6 Å². The number of fused-ring (bicyclic) bond motifs is 1. The van der Waals surface area contributed by atoms with E-state index in [9.17, 15) is 4.79 Å². The molecule has 0 atom stereocenters. The zero-order chi connectivity index (χ0) is 22.2. The van der Waals surface area contributed by atoms with E-state index in [4.69, 9.17) is 14.7 Å². The largest absolute Gasteiger partial charge is 0.368 e. The van der Waals surface area contributed by atoms with Crippen LogP contribution in [0.25, 0.3) is 22.3 Å². The molecule has 0 bridgehead atoms. The summed E-state index contributed by atoms with van der Waals surface area (Å²) in [5.41, 5.74) is 4.07. The number of carbonyl (C=O) groups excluding carboxylic acids is 1. The van der Waals surface area contributed by atoms with Crippen LogP contribution >= 0.6 is 0 Å². The van der Waals surface area contributed by atoms with Crippen LogP contribution in [0.4, 0.5) is 5.82 Å². The number of hydrogen-bond acceptors (Lipinski definition) is 5. The third-order valence-corrected chi connectivity index (χ3v) is 5.00. The summed E-state index contributed by atoms with van der Waals surface area (Å²) in [5, 5.41) is 7.16. The Morgan fingerprint density at radius 2 is 1.62 bits per heavy atom. The van der Waals surface area contributed by atoms with Crippen molar-refractivity contribution >= 4 is 22.6 Å². The summed E-state index contributed by atoms with van der Waals surface area (Å²) < 4.78 is 5.47. The van der Waals surface area contributed by atoms with Gasteiger partial charge in [-0.1, -0.05) is 72.3 Å². The molecule has 0 aliphatic rings. The quantitative estimate of drug-likeness (QED) is 0.389. The lowest BCUT2D eigenvalue weighted by molar-refractivity contribution is -0.126. The summed E-state index contributed by atoms with van der Waals surface area (Å²) in [5.74, 6) is 1.28. The Hall–Kier alpha value is -3.77. The number of ether oxygens (including phenoxy) is 1. The van der Waals surface area contributed by atoms with Crippen molar-refractivity contribution in [2.24, 2.45) is 0 Å². The topological polar surface area (TPSA) is 76.1 Å². The van der Waals surface area contributed by atoms with E-state index >= 15 is 0 Å². The number of rotatable bonds is 9. The molecule has 0 aliphatic heterocycles. The van der Waals surface area contributed by atoms with Gasteiger partial charge in [0.25, 0.3) is 0 Å². The molecule has 1 aromatic heterocycles. The number of nitrogens with one attached hydrogen (secondary N) is 2. The summed E-state index contributed by atoms with van der Waals surface area (Å²) in [4.78, 5) is 21.5. The summed E-state index contributed by atoms with van der Waals surface area (Å²) in [7, 11) is 0. The molecule has 6 nitrogen and oxygen atoms in total. The minimum atomic E-state index is -0.143. The van der Waals surface area contributed by atoms with Crippen LogP contribution in [-0.2, 0) is 16.1 Å². The molecule has 0 unspecified atom stereocenters. The summed E-state index contributed by atoms with van der Waals surface area (Å²) in [6.07, 6.45) is 0. The summed E-state index contributed by atoms with van der Waals surface area (Å²) in [6.45, 7) is 3.51. The molecule has 0 aliphatic carbocycles. The molecular weight excluding hydrogens is 400 g/mol. The highest BCUT2D eigenvalue weighted by molar-refractivity contribution is 5.90. The number of benzene rings is 3. The number of aryl methyl sites for hydroxylation is 1. The van der Waals surface area contributed by atoms with Gasteiger partial charge in [0.15, 0.2) is 5.82 Å². The number of para-hydroxylation sites is 1. The van der Waals surface area contributed by atoms with Crippen molar-refractivity contribution < 1.29 is 9.53 Å². The number of amides is 1. The molecule has 162 valence electrons. The van der Waals surface area contributed by atoms with Crippen LogP contribution in [0.5, 0.6) is 0 Å². The lowest BCUT2D eigenvalue weighted by Gasteiger charge is -2.12. The maximum Gasteiger partial charge on any atom is 0.246 e. The van der Waals surface area contributed by atoms with Gasteiger partial charge in [0.05, 0.1) is 12.1 Å². The molecule has 0 saturated carbocycles. The number of hydrogen-bond donors (Lipinski definition) is 2. The molecule has 4 rings (SSSR count). The molecule has 1 amide bonds. The first-order chi connectivity index (χ1) is 15.7. The van der Waals surface area contributed by atoms with Crippen LogP contribution in [0.2, 0.25) is 0 Å². The van der Waals surface area contributed by atoms with Crippen LogP contribution in [0.1, 0.15) is 11.1 Å².